The molecule has 5 heteroatoms. The highest BCUT2D eigenvalue weighted by Gasteiger charge is 2.26. The molecule has 0 aliphatic carbocycles. The third-order valence-electron chi connectivity index (χ3n) is 4.71. The van der Waals surface area contributed by atoms with E-state index in [0.717, 1.165) is 5.56 Å². The largest absolute Gasteiger partial charge is 0.507 e. The minimum Gasteiger partial charge on any atom is -0.507 e. The molecule has 29 heavy (non-hydrogen) atoms. The van der Waals surface area contributed by atoms with Crippen LogP contribution < -0.4 is 0 Å². The number of carbonyl (C=O) groups is 1. The lowest BCUT2D eigenvalue weighted by molar-refractivity contribution is 0.0470. The molecule has 4 aromatic rings. The maximum absolute atomic E-state index is 13.0. The van der Waals surface area contributed by atoms with E-state index >= 15 is 0 Å². The summed E-state index contributed by atoms with van der Waals surface area (Å²) in [4.78, 5) is 13.0. The number of benzene rings is 4. The van der Waals surface area contributed by atoms with Crippen LogP contribution in [0, 0.1) is 0 Å². The van der Waals surface area contributed by atoms with Gasteiger partial charge in [-0.1, -0.05) is 78.3 Å². The van der Waals surface area contributed by atoms with Crippen LogP contribution in [0.2, 0.25) is 5.02 Å². The van der Waals surface area contributed by atoms with Crippen molar-refractivity contribution in [2.45, 2.75) is 6.61 Å². The second kappa shape index (κ2) is 7.86. The Bertz CT molecular complexity index is 1190. The van der Waals surface area contributed by atoms with Gasteiger partial charge in [-0.05, 0) is 23.3 Å². The fourth-order valence-corrected chi connectivity index (χ4v) is 3.41. The summed E-state index contributed by atoms with van der Waals surface area (Å²) in [5, 5.41) is 23.3. The van der Waals surface area contributed by atoms with Gasteiger partial charge in [-0.2, -0.15) is 0 Å². The Balaban J connectivity index is 1.82. The number of carbonyl (C=O) groups excluding carboxylic acids is 1. The second-order valence-electron chi connectivity index (χ2n) is 6.56. The molecule has 2 N–H and O–H groups in total. The number of phenols is 2. The number of phenolic OH excluding ortho intramolecular Hbond substituents is 2. The van der Waals surface area contributed by atoms with Crippen molar-refractivity contribution in [2.24, 2.45) is 0 Å². The number of esters is 1. The highest BCUT2D eigenvalue weighted by molar-refractivity contribution is 6.30. The maximum Gasteiger partial charge on any atom is 0.343 e. The van der Waals surface area contributed by atoms with Crippen molar-refractivity contribution in [3.63, 3.8) is 0 Å². The zero-order valence-electron chi connectivity index (χ0n) is 15.3. The van der Waals surface area contributed by atoms with Crippen molar-refractivity contribution in [1.82, 2.24) is 0 Å². The number of rotatable bonds is 4. The molecule has 0 saturated heterocycles. The molecular weight excluding hydrogens is 388 g/mol. The SMILES string of the molecule is O=C(OCc1ccc(Cl)cc1)c1c(-c2ccccc2)c(O)c2ccccc2c1O. The Morgan fingerprint density at radius 1 is 0.793 bits per heavy atom. The van der Waals surface area contributed by atoms with Gasteiger partial charge in [-0.3, -0.25) is 0 Å². The molecule has 4 aromatic carbocycles. The van der Waals surface area contributed by atoms with E-state index in [1.807, 2.05) is 6.07 Å². The standard InChI is InChI=1S/C24H17ClO4/c25-17-12-10-15(11-13-17)14-29-24(28)21-20(16-6-2-1-3-7-16)22(26)18-8-4-5-9-19(18)23(21)27/h1-13,26-27H,14H2. The predicted octanol–water partition coefficient (Wildman–Crippen LogP) is 5.93. The summed E-state index contributed by atoms with van der Waals surface area (Å²) in [6.45, 7) is 0.0112. The molecule has 144 valence electrons. The topological polar surface area (TPSA) is 66.8 Å². The summed E-state index contributed by atoms with van der Waals surface area (Å²) in [6.07, 6.45) is 0. The van der Waals surface area contributed by atoms with Crippen LogP contribution in [-0.2, 0) is 11.3 Å². The van der Waals surface area contributed by atoms with Crippen molar-refractivity contribution >= 4 is 28.3 Å². The van der Waals surface area contributed by atoms with Gasteiger partial charge in [-0.25, -0.2) is 4.79 Å². The van der Waals surface area contributed by atoms with Crippen LogP contribution >= 0.6 is 11.6 Å². The normalized spacial score (nSPS) is 10.8. The highest BCUT2D eigenvalue weighted by Crippen LogP contribution is 2.45. The summed E-state index contributed by atoms with van der Waals surface area (Å²) in [5.74, 6) is -1.03. The Morgan fingerprint density at radius 2 is 1.38 bits per heavy atom. The predicted molar refractivity (Wildman–Crippen MR) is 113 cm³/mol. The molecule has 0 bridgehead atoms. The highest BCUT2D eigenvalue weighted by atomic mass is 35.5. The zero-order valence-corrected chi connectivity index (χ0v) is 16.1. The fraction of sp³-hybridized carbons (Fsp3) is 0.0417. The smallest absolute Gasteiger partial charge is 0.343 e. The summed E-state index contributed by atoms with van der Waals surface area (Å²) < 4.78 is 5.45. The lowest BCUT2D eigenvalue weighted by Crippen LogP contribution is -2.08. The lowest BCUT2D eigenvalue weighted by atomic mass is 9.93. The molecule has 0 saturated carbocycles. The van der Waals surface area contributed by atoms with Crippen molar-refractivity contribution in [3.05, 3.63) is 95.0 Å². The van der Waals surface area contributed by atoms with E-state index < -0.39 is 5.97 Å². The summed E-state index contributed by atoms with van der Waals surface area (Å²) in [5.41, 5.74) is 1.53. The molecule has 0 aliphatic heterocycles. The molecule has 4 nitrogen and oxygen atoms in total. The third kappa shape index (κ3) is 3.62. The Kier molecular flexibility index (Phi) is 5.10. The number of hydrogen-bond acceptors (Lipinski definition) is 4. The van der Waals surface area contributed by atoms with E-state index in [2.05, 4.69) is 0 Å². The average molecular weight is 405 g/mol. The van der Waals surface area contributed by atoms with Gasteiger partial charge in [0.15, 0.2) is 0 Å². The first-order chi connectivity index (χ1) is 14.1. The molecule has 0 amide bonds. The fourth-order valence-electron chi connectivity index (χ4n) is 3.29. The minimum atomic E-state index is -0.725. The van der Waals surface area contributed by atoms with Crippen molar-refractivity contribution in [3.8, 4) is 22.6 Å². The van der Waals surface area contributed by atoms with Crippen molar-refractivity contribution in [2.75, 3.05) is 0 Å². The molecule has 0 aliphatic rings. The van der Waals surface area contributed by atoms with Crippen LogP contribution in [0.4, 0.5) is 0 Å². The lowest BCUT2D eigenvalue weighted by Gasteiger charge is -2.16. The van der Waals surface area contributed by atoms with Crippen LogP contribution in [0.25, 0.3) is 21.9 Å². The zero-order chi connectivity index (χ0) is 20.4. The monoisotopic (exact) mass is 404 g/mol. The van der Waals surface area contributed by atoms with Crippen LogP contribution in [0.15, 0.2) is 78.9 Å². The van der Waals surface area contributed by atoms with Gasteiger partial charge in [0, 0.05) is 21.4 Å². The summed E-state index contributed by atoms with van der Waals surface area (Å²) in [7, 11) is 0. The number of ether oxygens (including phenoxy) is 1. The first-order valence-electron chi connectivity index (χ1n) is 9.00. The Hall–Kier alpha value is -3.50. The first kappa shape index (κ1) is 18.8. The molecule has 4 rings (SSSR count). The van der Waals surface area contributed by atoms with Crippen molar-refractivity contribution in [1.29, 1.82) is 0 Å². The van der Waals surface area contributed by atoms with E-state index in [-0.39, 0.29) is 29.2 Å². The minimum absolute atomic E-state index is 0.0112. The second-order valence-corrected chi connectivity index (χ2v) is 7.00. The van der Waals surface area contributed by atoms with E-state index in [1.165, 1.54) is 0 Å². The van der Waals surface area contributed by atoms with Gasteiger partial charge in [0.2, 0.25) is 0 Å². The van der Waals surface area contributed by atoms with Crippen molar-refractivity contribution < 1.29 is 19.7 Å². The van der Waals surface area contributed by atoms with Gasteiger partial charge in [0.1, 0.15) is 23.7 Å². The van der Waals surface area contributed by atoms with Crippen LogP contribution in [-0.4, -0.2) is 16.2 Å². The van der Waals surface area contributed by atoms with Gasteiger partial charge in [-0.15, -0.1) is 0 Å². The number of hydrogen-bond donors (Lipinski definition) is 2. The number of fused-ring (bicyclic) bond motifs is 1. The van der Waals surface area contributed by atoms with E-state index in [4.69, 9.17) is 16.3 Å². The first-order valence-corrected chi connectivity index (χ1v) is 9.37. The molecule has 0 spiro atoms. The Morgan fingerprint density at radius 3 is 2.03 bits per heavy atom. The molecular formula is C24H17ClO4. The van der Waals surface area contributed by atoms with E-state index in [9.17, 15) is 15.0 Å². The van der Waals surface area contributed by atoms with Crippen LogP contribution in [0.3, 0.4) is 0 Å². The number of halogens is 1. The molecule has 0 heterocycles. The molecule has 0 radical (unpaired) electrons. The quantitative estimate of drug-likeness (QED) is 0.327. The molecule has 0 aromatic heterocycles. The average Bonchev–Trinajstić information content (AvgIpc) is 2.76. The molecule has 0 atom stereocenters. The van der Waals surface area contributed by atoms with E-state index in [1.54, 1.807) is 72.8 Å². The van der Waals surface area contributed by atoms with Gasteiger partial charge < -0.3 is 14.9 Å². The molecule has 0 fully saturated rings. The van der Waals surface area contributed by atoms with Gasteiger partial charge in [0.25, 0.3) is 0 Å². The van der Waals surface area contributed by atoms with Crippen LogP contribution in [0.5, 0.6) is 11.5 Å². The van der Waals surface area contributed by atoms with E-state index in [0.29, 0.717) is 21.4 Å². The molecule has 0 unspecified atom stereocenters. The summed E-state index contributed by atoms with van der Waals surface area (Å²) in [6, 6.07) is 22.7. The number of aromatic hydroxyl groups is 2. The van der Waals surface area contributed by atoms with Crippen LogP contribution in [0.1, 0.15) is 15.9 Å². The third-order valence-corrected chi connectivity index (χ3v) is 4.96. The summed E-state index contributed by atoms with van der Waals surface area (Å²) >= 11 is 5.88. The van der Waals surface area contributed by atoms with Gasteiger partial charge in [0.05, 0.1) is 0 Å². The Labute approximate surface area is 172 Å². The van der Waals surface area contributed by atoms with Gasteiger partial charge >= 0.3 is 5.97 Å². The maximum atomic E-state index is 13.0.